The summed E-state index contributed by atoms with van der Waals surface area (Å²) < 4.78 is 1.65. The van der Waals surface area contributed by atoms with E-state index in [0.717, 1.165) is 16.9 Å². The van der Waals surface area contributed by atoms with Crippen LogP contribution in [0.5, 0.6) is 0 Å². The van der Waals surface area contributed by atoms with Crippen LogP contribution in [0.2, 0.25) is 0 Å². The molecular formula is C16H9N5. The zero-order chi connectivity index (χ0) is 14.7. The first kappa shape index (κ1) is 12.6. The zero-order valence-corrected chi connectivity index (χ0v) is 10.9. The molecule has 0 radical (unpaired) electrons. The normalized spacial score (nSPS) is 9.81. The largest absolute Gasteiger partial charge is 0.220 e. The van der Waals surface area contributed by atoms with Crippen molar-refractivity contribution in [3.8, 4) is 29.1 Å². The smallest absolute Gasteiger partial charge is 0.113 e. The van der Waals surface area contributed by atoms with Crippen LogP contribution < -0.4 is 0 Å². The summed E-state index contributed by atoms with van der Waals surface area (Å²) in [6.07, 6.45) is 1.81. The summed E-state index contributed by atoms with van der Waals surface area (Å²) in [4.78, 5) is 0. The number of rotatable bonds is 2. The number of aromatic nitrogens is 3. The van der Waals surface area contributed by atoms with Crippen molar-refractivity contribution in [1.29, 1.82) is 10.5 Å². The molecule has 5 heteroatoms. The second-order valence-corrected chi connectivity index (χ2v) is 4.40. The van der Waals surface area contributed by atoms with Gasteiger partial charge < -0.3 is 0 Å². The van der Waals surface area contributed by atoms with E-state index in [2.05, 4.69) is 22.5 Å². The first-order chi connectivity index (χ1) is 10.3. The summed E-state index contributed by atoms with van der Waals surface area (Å²) in [6.45, 7) is 0. The van der Waals surface area contributed by atoms with E-state index >= 15 is 0 Å². The number of nitriles is 2. The Hall–Kier alpha value is -3.44. The minimum atomic E-state index is 0.603. The van der Waals surface area contributed by atoms with Crippen molar-refractivity contribution in [3.63, 3.8) is 0 Å². The molecule has 0 aliphatic carbocycles. The summed E-state index contributed by atoms with van der Waals surface area (Å²) in [5.41, 5.74) is 3.67. The molecule has 3 rings (SSSR count). The van der Waals surface area contributed by atoms with Crippen LogP contribution in [0.3, 0.4) is 0 Å². The van der Waals surface area contributed by atoms with E-state index < -0.39 is 0 Å². The van der Waals surface area contributed by atoms with E-state index in [1.165, 1.54) is 0 Å². The molecule has 0 fully saturated rings. The second-order valence-electron chi connectivity index (χ2n) is 4.40. The fourth-order valence-corrected chi connectivity index (χ4v) is 1.93. The maximum absolute atomic E-state index is 8.79. The van der Waals surface area contributed by atoms with Gasteiger partial charge in [0.2, 0.25) is 0 Å². The van der Waals surface area contributed by atoms with Gasteiger partial charge in [0, 0.05) is 5.56 Å². The first-order valence-corrected chi connectivity index (χ1v) is 6.23. The lowest BCUT2D eigenvalue weighted by molar-refractivity contribution is 0.804. The van der Waals surface area contributed by atoms with Gasteiger partial charge in [-0.25, -0.2) is 4.68 Å². The highest BCUT2D eigenvalue weighted by molar-refractivity contribution is 5.59. The van der Waals surface area contributed by atoms with Crippen LogP contribution in [-0.4, -0.2) is 15.0 Å². The molecule has 0 bridgehead atoms. The van der Waals surface area contributed by atoms with Gasteiger partial charge in [-0.15, -0.1) is 5.10 Å². The summed E-state index contributed by atoms with van der Waals surface area (Å²) in [5, 5.41) is 25.8. The predicted octanol–water partition coefficient (Wildman–Crippen LogP) is 2.68. The minimum absolute atomic E-state index is 0.603. The molecule has 0 spiro atoms. The van der Waals surface area contributed by atoms with Crippen molar-refractivity contribution in [3.05, 3.63) is 65.9 Å². The maximum Gasteiger partial charge on any atom is 0.113 e. The van der Waals surface area contributed by atoms with Gasteiger partial charge in [-0.2, -0.15) is 10.5 Å². The number of hydrogen-bond acceptors (Lipinski definition) is 4. The lowest BCUT2D eigenvalue weighted by Gasteiger charge is -1.99. The highest BCUT2D eigenvalue weighted by Crippen LogP contribution is 2.18. The molecular weight excluding hydrogens is 262 g/mol. The van der Waals surface area contributed by atoms with Crippen molar-refractivity contribution >= 4 is 0 Å². The molecule has 98 valence electrons. The Kier molecular flexibility index (Phi) is 3.16. The Morgan fingerprint density at radius 3 is 1.95 bits per heavy atom. The van der Waals surface area contributed by atoms with E-state index in [-0.39, 0.29) is 0 Å². The molecule has 5 nitrogen and oxygen atoms in total. The van der Waals surface area contributed by atoms with E-state index in [0.29, 0.717) is 11.1 Å². The standard InChI is InChI=1S/C16H9N5/c17-9-12-1-5-14(6-2-12)16-11-21(20-19-16)15-7-3-13(10-18)4-8-15/h1-8,11H. The van der Waals surface area contributed by atoms with Gasteiger partial charge >= 0.3 is 0 Å². The lowest BCUT2D eigenvalue weighted by atomic mass is 10.1. The van der Waals surface area contributed by atoms with Crippen molar-refractivity contribution in [1.82, 2.24) is 15.0 Å². The van der Waals surface area contributed by atoms with E-state index in [1.807, 2.05) is 30.5 Å². The van der Waals surface area contributed by atoms with Crippen LogP contribution in [0.4, 0.5) is 0 Å². The topological polar surface area (TPSA) is 78.3 Å². The van der Waals surface area contributed by atoms with Crippen molar-refractivity contribution in [2.75, 3.05) is 0 Å². The van der Waals surface area contributed by atoms with Crippen LogP contribution in [-0.2, 0) is 0 Å². The van der Waals surface area contributed by atoms with E-state index in [1.54, 1.807) is 28.9 Å². The Morgan fingerprint density at radius 2 is 1.38 bits per heavy atom. The Morgan fingerprint density at radius 1 is 0.810 bits per heavy atom. The van der Waals surface area contributed by atoms with Crippen LogP contribution >= 0.6 is 0 Å². The van der Waals surface area contributed by atoms with Crippen LogP contribution in [0.25, 0.3) is 16.9 Å². The van der Waals surface area contributed by atoms with Gasteiger partial charge in [0.05, 0.1) is 35.1 Å². The SMILES string of the molecule is N#Cc1ccc(-c2cn(-c3ccc(C#N)cc3)nn2)cc1. The summed E-state index contributed by atoms with van der Waals surface area (Å²) >= 11 is 0. The third kappa shape index (κ3) is 2.49. The van der Waals surface area contributed by atoms with Crippen molar-refractivity contribution in [2.24, 2.45) is 0 Å². The number of nitrogens with zero attached hydrogens (tertiary/aromatic N) is 5. The molecule has 0 atom stereocenters. The van der Waals surface area contributed by atoms with E-state index in [9.17, 15) is 0 Å². The first-order valence-electron chi connectivity index (χ1n) is 6.23. The molecule has 0 amide bonds. The van der Waals surface area contributed by atoms with Gasteiger partial charge in [0.25, 0.3) is 0 Å². The highest BCUT2D eigenvalue weighted by atomic mass is 15.4. The maximum atomic E-state index is 8.79. The molecule has 0 saturated carbocycles. The molecule has 21 heavy (non-hydrogen) atoms. The van der Waals surface area contributed by atoms with Crippen LogP contribution in [0.15, 0.2) is 54.7 Å². The Balaban J connectivity index is 1.92. The lowest BCUT2D eigenvalue weighted by Crippen LogP contribution is -1.94. The fraction of sp³-hybridized carbons (Fsp3) is 0. The molecule has 0 aliphatic rings. The number of hydrogen-bond donors (Lipinski definition) is 0. The Labute approximate surface area is 121 Å². The van der Waals surface area contributed by atoms with Crippen molar-refractivity contribution < 1.29 is 0 Å². The van der Waals surface area contributed by atoms with Crippen LogP contribution in [0, 0.1) is 22.7 Å². The molecule has 1 heterocycles. The molecule has 0 saturated heterocycles. The molecule has 0 N–H and O–H groups in total. The quantitative estimate of drug-likeness (QED) is 0.717. The molecule has 3 aromatic rings. The van der Waals surface area contributed by atoms with Gasteiger partial charge in [-0.05, 0) is 36.4 Å². The minimum Gasteiger partial charge on any atom is -0.220 e. The van der Waals surface area contributed by atoms with E-state index in [4.69, 9.17) is 10.5 Å². The average molecular weight is 271 g/mol. The second kappa shape index (κ2) is 5.28. The zero-order valence-electron chi connectivity index (χ0n) is 10.9. The van der Waals surface area contributed by atoms with Crippen LogP contribution in [0.1, 0.15) is 11.1 Å². The van der Waals surface area contributed by atoms with Gasteiger partial charge in [0.1, 0.15) is 5.69 Å². The summed E-state index contributed by atoms with van der Waals surface area (Å²) in [7, 11) is 0. The highest BCUT2D eigenvalue weighted by Gasteiger charge is 2.05. The summed E-state index contributed by atoms with van der Waals surface area (Å²) in [5.74, 6) is 0. The average Bonchev–Trinajstić information content (AvgIpc) is 3.05. The molecule has 0 aliphatic heterocycles. The fourth-order valence-electron chi connectivity index (χ4n) is 1.93. The summed E-state index contributed by atoms with van der Waals surface area (Å²) in [6, 6.07) is 18.4. The predicted molar refractivity (Wildman–Crippen MR) is 76.2 cm³/mol. The van der Waals surface area contributed by atoms with Gasteiger partial charge in [0.15, 0.2) is 0 Å². The third-order valence-corrected chi connectivity index (χ3v) is 3.06. The van der Waals surface area contributed by atoms with Gasteiger partial charge in [-0.1, -0.05) is 17.3 Å². The molecule has 0 unspecified atom stereocenters. The molecule has 1 aromatic heterocycles. The number of benzene rings is 2. The van der Waals surface area contributed by atoms with Gasteiger partial charge in [-0.3, -0.25) is 0 Å². The monoisotopic (exact) mass is 271 g/mol. The molecule has 2 aromatic carbocycles. The third-order valence-electron chi connectivity index (χ3n) is 3.06. The van der Waals surface area contributed by atoms with Crippen molar-refractivity contribution in [2.45, 2.75) is 0 Å². The Bertz CT molecular complexity index is 773.